The third-order valence-electron chi connectivity index (χ3n) is 4.57. The van der Waals surface area contributed by atoms with Gasteiger partial charge in [0.25, 0.3) is 0 Å². The van der Waals surface area contributed by atoms with Crippen molar-refractivity contribution < 1.29 is 0 Å². The molecule has 0 heterocycles. The van der Waals surface area contributed by atoms with Crippen LogP contribution in [-0.2, 0) is 0 Å². The molecule has 0 aromatic rings. The van der Waals surface area contributed by atoms with Crippen LogP contribution in [0.2, 0.25) is 0 Å². The van der Waals surface area contributed by atoms with Crippen molar-refractivity contribution in [3.8, 4) is 0 Å². The lowest BCUT2D eigenvalue weighted by Crippen LogP contribution is -2.13. The van der Waals surface area contributed by atoms with E-state index in [4.69, 9.17) is 6.92 Å². The van der Waals surface area contributed by atoms with Gasteiger partial charge in [0.15, 0.2) is 0 Å². The van der Waals surface area contributed by atoms with E-state index in [9.17, 15) is 0 Å². The van der Waals surface area contributed by atoms with Gasteiger partial charge in [0.2, 0.25) is 0 Å². The zero-order chi connectivity index (χ0) is 15.2. The van der Waals surface area contributed by atoms with Crippen LogP contribution >= 0.6 is 0 Å². The van der Waals surface area contributed by atoms with Crippen molar-refractivity contribution in [2.24, 2.45) is 17.8 Å². The summed E-state index contributed by atoms with van der Waals surface area (Å²) in [6.45, 7) is 17.3. The van der Waals surface area contributed by atoms with Crippen LogP contribution in [0.4, 0.5) is 0 Å². The Labute approximate surface area is 130 Å². The van der Waals surface area contributed by atoms with Gasteiger partial charge in [-0.15, -0.1) is 0 Å². The van der Waals surface area contributed by atoms with Crippen LogP contribution in [0.1, 0.15) is 97.8 Å². The summed E-state index contributed by atoms with van der Waals surface area (Å²) in [5.41, 5.74) is 0. The molecule has 0 aromatic carbocycles. The first-order valence-electron chi connectivity index (χ1n) is 9.22. The fraction of sp³-hybridized carbons (Fsp3) is 0.900. The van der Waals surface area contributed by atoms with Crippen LogP contribution in [0.25, 0.3) is 0 Å². The maximum absolute atomic E-state index is 6.33. The highest BCUT2D eigenvalue weighted by molar-refractivity contribution is 4.73. The molecule has 0 bridgehead atoms. The van der Waals surface area contributed by atoms with E-state index in [1.54, 1.807) is 0 Å². The maximum atomic E-state index is 6.33. The van der Waals surface area contributed by atoms with Gasteiger partial charge in [-0.05, 0) is 37.5 Å². The van der Waals surface area contributed by atoms with Crippen molar-refractivity contribution in [1.82, 2.24) is 0 Å². The first-order chi connectivity index (χ1) is 9.67. The minimum Gasteiger partial charge on any atom is -0.0654 e. The van der Waals surface area contributed by atoms with Gasteiger partial charge in [-0.1, -0.05) is 91.9 Å². The molecule has 0 aliphatic carbocycles. The number of hydrogen-bond acceptors (Lipinski definition) is 0. The van der Waals surface area contributed by atoms with Crippen molar-refractivity contribution >= 4 is 0 Å². The van der Waals surface area contributed by atoms with E-state index in [0.717, 1.165) is 18.3 Å². The molecular formula is C20H39. The monoisotopic (exact) mass is 279 g/mol. The van der Waals surface area contributed by atoms with E-state index in [0.29, 0.717) is 5.92 Å². The van der Waals surface area contributed by atoms with E-state index in [1.165, 1.54) is 70.6 Å². The summed E-state index contributed by atoms with van der Waals surface area (Å²) in [6, 6.07) is 0. The molecule has 0 rings (SSSR count). The minimum atomic E-state index is 0.424. The van der Waals surface area contributed by atoms with Gasteiger partial charge >= 0.3 is 0 Å². The molecule has 119 valence electrons. The molecule has 3 unspecified atom stereocenters. The molecule has 0 saturated carbocycles. The van der Waals surface area contributed by atoms with E-state index >= 15 is 0 Å². The second-order valence-electron chi connectivity index (χ2n) is 6.68. The molecule has 3 atom stereocenters. The smallest absolute Gasteiger partial charge is 0.0318 e. The summed E-state index contributed by atoms with van der Waals surface area (Å²) in [5.74, 6) is 2.09. The molecule has 0 spiro atoms. The van der Waals surface area contributed by atoms with E-state index in [2.05, 4.69) is 27.7 Å². The van der Waals surface area contributed by atoms with E-state index in [1.807, 2.05) is 0 Å². The summed E-state index contributed by atoms with van der Waals surface area (Å²) in [7, 11) is 0. The average molecular weight is 280 g/mol. The Morgan fingerprint density at radius 3 is 1.75 bits per heavy atom. The molecule has 20 heavy (non-hydrogen) atoms. The number of unbranched alkanes of at least 4 members (excludes halogenated alkanes) is 3. The third-order valence-corrected chi connectivity index (χ3v) is 4.57. The lowest BCUT2D eigenvalue weighted by atomic mass is 9.81. The lowest BCUT2D eigenvalue weighted by Gasteiger charge is -2.25. The zero-order valence-corrected chi connectivity index (χ0v) is 14.5. The quantitative estimate of drug-likeness (QED) is 0.317. The Morgan fingerprint density at radius 1 is 0.750 bits per heavy atom. The Hall–Kier alpha value is 0. The van der Waals surface area contributed by atoms with Crippen LogP contribution in [-0.4, -0.2) is 0 Å². The van der Waals surface area contributed by atoms with Gasteiger partial charge in [-0.3, -0.25) is 0 Å². The van der Waals surface area contributed by atoms with E-state index in [-0.39, 0.29) is 0 Å². The van der Waals surface area contributed by atoms with Gasteiger partial charge in [-0.2, -0.15) is 0 Å². The average Bonchev–Trinajstić information content (AvgIpc) is 2.46. The Bertz CT molecular complexity index is 184. The summed E-state index contributed by atoms with van der Waals surface area (Å²) in [6.07, 6.45) is 15.6. The molecule has 0 N–H and O–H groups in total. The van der Waals surface area contributed by atoms with Gasteiger partial charge in [0.05, 0.1) is 0 Å². The fourth-order valence-electron chi connectivity index (χ4n) is 3.18. The molecule has 0 amide bonds. The second-order valence-corrected chi connectivity index (χ2v) is 6.68. The number of rotatable bonds is 14. The zero-order valence-electron chi connectivity index (χ0n) is 14.5. The van der Waals surface area contributed by atoms with Gasteiger partial charge in [0.1, 0.15) is 0 Å². The predicted molar refractivity (Wildman–Crippen MR) is 92.6 cm³/mol. The molecule has 0 aromatic heterocycles. The standard InChI is InChI=1S/C20H39/c1-6-10-13-18(5)16-20(15-12-8-3)17-19(9-4)14-11-7-2/h5,18-20H,4,6-17H2,1-3H3. The summed E-state index contributed by atoms with van der Waals surface area (Å²) in [4.78, 5) is 0. The first kappa shape index (κ1) is 20.0. The molecule has 0 fully saturated rings. The normalized spacial score (nSPS) is 16.1. The van der Waals surface area contributed by atoms with E-state index < -0.39 is 0 Å². The lowest BCUT2D eigenvalue weighted by molar-refractivity contribution is 0.282. The highest BCUT2D eigenvalue weighted by Crippen LogP contribution is 2.30. The minimum absolute atomic E-state index is 0.424. The molecule has 0 aliphatic rings. The molecule has 3 radical (unpaired) electrons. The van der Waals surface area contributed by atoms with Crippen LogP contribution in [0.3, 0.4) is 0 Å². The van der Waals surface area contributed by atoms with Crippen molar-refractivity contribution in [3.05, 3.63) is 13.8 Å². The van der Waals surface area contributed by atoms with Crippen LogP contribution in [0.5, 0.6) is 0 Å². The Morgan fingerprint density at radius 2 is 1.25 bits per heavy atom. The predicted octanol–water partition coefficient (Wildman–Crippen LogP) is 7.12. The van der Waals surface area contributed by atoms with Gasteiger partial charge in [0, 0.05) is 0 Å². The molecule has 0 aliphatic heterocycles. The second kappa shape index (κ2) is 14.0. The summed E-state index contributed by atoms with van der Waals surface area (Å²) in [5, 5.41) is 0. The Balaban J connectivity index is 4.22. The van der Waals surface area contributed by atoms with Crippen molar-refractivity contribution in [2.75, 3.05) is 0 Å². The van der Waals surface area contributed by atoms with Crippen LogP contribution < -0.4 is 0 Å². The van der Waals surface area contributed by atoms with Crippen LogP contribution in [0.15, 0.2) is 0 Å². The molecule has 0 heteroatoms. The van der Waals surface area contributed by atoms with Crippen LogP contribution in [0, 0.1) is 31.6 Å². The summed E-state index contributed by atoms with van der Waals surface area (Å²) >= 11 is 0. The topological polar surface area (TPSA) is 0 Å². The highest BCUT2D eigenvalue weighted by Gasteiger charge is 2.17. The highest BCUT2D eigenvalue weighted by atomic mass is 14.2. The van der Waals surface area contributed by atoms with Crippen molar-refractivity contribution in [3.63, 3.8) is 0 Å². The SMILES string of the molecule is [CH]C(CCCC)CC(CCCC)CC(C[CH2])CCCC. The third kappa shape index (κ3) is 10.7. The largest absolute Gasteiger partial charge is 0.0654 e. The van der Waals surface area contributed by atoms with Crippen molar-refractivity contribution in [2.45, 2.75) is 97.8 Å². The molecule has 0 nitrogen and oxygen atoms in total. The Kier molecular flexibility index (Phi) is 14.0. The first-order valence-corrected chi connectivity index (χ1v) is 9.22. The molecular weight excluding hydrogens is 240 g/mol. The maximum Gasteiger partial charge on any atom is -0.0318 e. The summed E-state index contributed by atoms with van der Waals surface area (Å²) < 4.78 is 0. The fourth-order valence-corrected chi connectivity index (χ4v) is 3.18. The van der Waals surface area contributed by atoms with Gasteiger partial charge in [-0.25, -0.2) is 0 Å². The van der Waals surface area contributed by atoms with Crippen molar-refractivity contribution in [1.29, 1.82) is 0 Å². The molecule has 0 saturated heterocycles. The van der Waals surface area contributed by atoms with Gasteiger partial charge < -0.3 is 0 Å². The number of hydrogen-bond donors (Lipinski definition) is 0.